The molecular formula is C14H26N4O5. The normalized spacial score (nSPS) is 20.6. The number of carbonyl (C=O) groups excluding carboxylic acids is 3. The van der Waals surface area contributed by atoms with Gasteiger partial charge in [0.15, 0.2) is 0 Å². The average molecular weight is 330 g/mol. The second-order valence-electron chi connectivity index (χ2n) is 5.91. The summed E-state index contributed by atoms with van der Waals surface area (Å²) in [5, 5.41) is 4.89. The first-order valence-electron chi connectivity index (χ1n) is 7.37. The second kappa shape index (κ2) is 7.14. The minimum atomic E-state index is -1.88. The second-order valence-corrected chi connectivity index (χ2v) is 5.91. The van der Waals surface area contributed by atoms with E-state index < -0.39 is 29.3 Å². The molecule has 1 saturated heterocycles. The van der Waals surface area contributed by atoms with Gasteiger partial charge in [0.2, 0.25) is 11.6 Å². The Bertz CT molecular complexity index is 482. The van der Waals surface area contributed by atoms with Crippen LogP contribution in [-0.4, -0.2) is 67.9 Å². The van der Waals surface area contributed by atoms with E-state index in [0.29, 0.717) is 19.4 Å². The molecule has 0 aliphatic carbocycles. The minimum absolute atomic E-state index is 0.272. The molecule has 0 aromatic heterocycles. The van der Waals surface area contributed by atoms with E-state index in [1.807, 2.05) is 0 Å². The third kappa shape index (κ3) is 3.56. The molecule has 9 nitrogen and oxygen atoms in total. The number of likely N-dealkylation sites (tertiary alicyclic amines) is 1. The highest BCUT2D eigenvalue weighted by Crippen LogP contribution is 2.27. The maximum absolute atomic E-state index is 13.0. The predicted octanol–water partition coefficient (Wildman–Crippen LogP) is -0.841. The summed E-state index contributed by atoms with van der Waals surface area (Å²) in [4.78, 5) is 38.0. The van der Waals surface area contributed by atoms with Crippen LogP contribution in [0.5, 0.6) is 0 Å². The van der Waals surface area contributed by atoms with Gasteiger partial charge in [-0.25, -0.2) is 4.79 Å². The fraction of sp³-hybridized carbons (Fsp3) is 0.786. The first-order valence-corrected chi connectivity index (χ1v) is 7.37. The molecule has 0 unspecified atom stereocenters. The number of methoxy groups -OCH3 is 2. The van der Waals surface area contributed by atoms with Gasteiger partial charge in [-0.1, -0.05) is 0 Å². The molecule has 0 aromatic rings. The number of nitrogens with one attached hydrogen (secondary N) is 2. The zero-order chi connectivity index (χ0) is 17.8. The van der Waals surface area contributed by atoms with Crippen molar-refractivity contribution in [2.45, 2.75) is 44.0 Å². The third-order valence-corrected chi connectivity index (χ3v) is 4.34. The fourth-order valence-corrected chi connectivity index (χ4v) is 2.51. The summed E-state index contributed by atoms with van der Waals surface area (Å²) in [6.07, 6.45) is 0.347. The van der Waals surface area contributed by atoms with Crippen LogP contribution in [0.1, 0.15) is 26.7 Å². The van der Waals surface area contributed by atoms with Gasteiger partial charge in [0.25, 0.3) is 5.91 Å². The van der Waals surface area contributed by atoms with Crippen LogP contribution in [-0.2, 0) is 19.1 Å². The molecule has 0 radical (unpaired) electrons. The van der Waals surface area contributed by atoms with E-state index in [4.69, 9.17) is 10.5 Å². The van der Waals surface area contributed by atoms with Crippen molar-refractivity contribution in [1.29, 1.82) is 0 Å². The lowest BCUT2D eigenvalue weighted by Gasteiger charge is -2.43. The van der Waals surface area contributed by atoms with Crippen LogP contribution in [0, 0.1) is 0 Å². The van der Waals surface area contributed by atoms with E-state index in [2.05, 4.69) is 15.4 Å². The van der Waals surface area contributed by atoms with Crippen molar-refractivity contribution >= 4 is 17.9 Å². The molecular weight excluding hydrogens is 304 g/mol. The van der Waals surface area contributed by atoms with Gasteiger partial charge in [0.05, 0.1) is 7.11 Å². The number of alkyl carbamates (subject to hydrolysis) is 1. The molecule has 23 heavy (non-hydrogen) atoms. The molecule has 0 saturated carbocycles. The number of amides is 3. The van der Waals surface area contributed by atoms with E-state index >= 15 is 0 Å². The quantitative estimate of drug-likeness (QED) is 0.565. The lowest BCUT2D eigenvalue weighted by Crippen LogP contribution is -2.76. The van der Waals surface area contributed by atoms with Gasteiger partial charge in [-0.05, 0) is 26.7 Å². The van der Waals surface area contributed by atoms with Crippen LogP contribution in [0.25, 0.3) is 0 Å². The first-order chi connectivity index (χ1) is 10.6. The molecule has 9 heteroatoms. The molecule has 0 spiro atoms. The third-order valence-electron chi connectivity index (χ3n) is 4.34. The van der Waals surface area contributed by atoms with Crippen molar-refractivity contribution in [3.05, 3.63) is 0 Å². The van der Waals surface area contributed by atoms with Gasteiger partial charge < -0.3 is 19.7 Å². The summed E-state index contributed by atoms with van der Waals surface area (Å²) >= 11 is 0. The molecule has 3 amide bonds. The first kappa shape index (κ1) is 19.2. The number of hydrogen-bond donors (Lipinski definition) is 3. The van der Waals surface area contributed by atoms with E-state index in [1.165, 1.54) is 26.2 Å². The summed E-state index contributed by atoms with van der Waals surface area (Å²) in [6.45, 7) is 3.52. The van der Waals surface area contributed by atoms with Crippen LogP contribution in [0.15, 0.2) is 0 Å². The Morgan fingerprint density at radius 2 is 1.87 bits per heavy atom. The van der Waals surface area contributed by atoms with Crippen molar-refractivity contribution in [1.82, 2.24) is 15.5 Å². The van der Waals surface area contributed by atoms with Crippen LogP contribution >= 0.6 is 0 Å². The van der Waals surface area contributed by atoms with Crippen LogP contribution in [0.4, 0.5) is 4.79 Å². The van der Waals surface area contributed by atoms with Gasteiger partial charge in [0.1, 0.15) is 11.6 Å². The van der Waals surface area contributed by atoms with Crippen LogP contribution in [0.3, 0.4) is 0 Å². The van der Waals surface area contributed by atoms with Crippen molar-refractivity contribution in [2.75, 3.05) is 27.8 Å². The lowest BCUT2D eigenvalue weighted by molar-refractivity contribution is -0.155. The number of likely N-dealkylation sites (N-methyl/N-ethyl adjacent to an activating group) is 1. The Kier molecular flexibility index (Phi) is 5.95. The molecule has 0 aromatic carbocycles. The summed E-state index contributed by atoms with van der Waals surface area (Å²) in [7, 11) is 4.06. The Morgan fingerprint density at radius 1 is 1.26 bits per heavy atom. The average Bonchev–Trinajstić information content (AvgIpc) is 3.02. The maximum Gasteiger partial charge on any atom is 0.408 e. The monoisotopic (exact) mass is 330 g/mol. The number of rotatable bonds is 5. The number of carbonyl (C=O) groups is 3. The zero-order valence-electron chi connectivity index (χ0n) is 14.3. The number of ether oxygens (including phenoxy) is 2. The predicted molar refractivity (Wildman–Crippen MR) is 82.3 cm³/mol. The molecule has 1 heterocycles. The van der Waals surface area contributed by atoms with E-state index in [9.17, 15) is 14.4 Å². The summed E-state index contributed by atoms with van der Waals surface area (Å²) in [6, 6.07) is -0.623. The van der Waals surface area contributed by atoms with Crippen molar-refractivity contribution in [2.24, 2.45) is 5.73 Å². The number of nitrogens with zero attached hydrogens (tertiary/aromatic N) is 1. The maximum atomic E-state index is 13.0. The molecule has 132 valence electrons. The highest BCUT2D eigenvalue weighted by Gasteiger charge is 2.54. The molecule has 2 atom stereocenters. The summed E-state index contributed by atoms with van der Waals surface area (Å²) in [5.74, 6) is -0.868. The minimum Gasteiger partial charge on any atom is -0.453 e. The molecule has 4 N–H and O–H groups in total. The van der Waals surface area contributed by atoms with Crippen molar-refractivity contribution in [3.63, 3.8) is 0 Å². The van der Waals surface area contributed by atoms with E-state index in [1.54, 1.807) is 13.8 Å². The Balaban J connectivity index is 3.18. The van der Waals surface area contributed by atoms with Gasteiger partial charge in [-0.3, -0.25) is 20.6 Å². The zero-order valence-corrected chi connectivity index (χ0v) is 14.3. The largest absolute Gasteiger partial charge is 0.453 e. The van der Waals surface area contributed by atoms with Crippen molar-refractivity contribution in [3.8, 4) is 0 Å². The standard InChI is InChI=1S/C14H26N4O5/c1-13(2,23-5)14(15,17-12(21)22-4)11(20)18-8-6-7-9(18)10(19)16-3/h9H,6-8,15H2,1-5H3,(H,16,19)(H,17,21)/t9-,14+/m0/s1. The summed E-state index contributed by atoms with van der Waals surface area (Å²) < 4.78 is 9.87. The number of hydrogen-bond acceptors (Lipinski definition) is 6. The van der Waals surface area contributed by atoms with Gasteiger partial charge >= 0.3 is 6.09 Å². The molecule has 1 aliphatic heterocycles. The van der Waals surface area contributed by atoms with Crippen molar-refractivity contribution < 1.29 is 23.9 Å². The Labute approximate surface area is 135 Å². The summed E-state index contributed by atoms with van der Waals surface area (Å²) in [5.41, 5.74) is 3.12. The smallest absolute Gasteiger partial charge is 0.408 e. The van der Waals surface area contributed by atoms with Gasteiger partial charge in [-0.2, -0.15) is 0 Å². The van der Waals surface area contributed by atoms with Crippen LogP contribution in [0.2, 0.25) is 0 Å². The molecule has 1 aliphatic rings. The Hall–Kier alpha value is -1.87. The highest BCUT2D eigenvalue weighted by atomic mass is 16.5. The number of nitrogens with two attached hydrogens (primary N) is 1. The topological polar surface area (TPSA) is 123 Å². The SMILES string of the molecule is CNC(=O)[C@@H]1CCCN1C(=O)[C@@](N)(NC(=O)OC)C(C)(C)OC. The van der Waals surface area contributed by atoms with E-state index in [0.717, 1.165) is 0 Å². The molecule has 0 bridgehead atoms. The van der Waals surface area contributed by atoms with E-state index in [-0.39, 0.29) is 5.91 Å². The molecule has 1 fully saturated rings. The Morgan fingerprint density at radius 3 is 2.35 bits per heavy atom. The molecule has 1 rings (SSSR count). The van der Waals surface area contributed by atoms with Gasteiger partial charge in [0, 0.05) is 20.7 Å². The highest BCUT2D eigenvalue weighted by molar-refractivity contribution is 5.95. The van der Waals surface area contributed by atoms with Gasteiger partial charge in [-0.15, -0.1) is 0 Å². The fourth-order valence-electron chi connectivity index (χ4n) is 2.51. The van der Waals surface area contributed by atoms with Crippen LogP contribution < -0.4 is 16.4 Å². The lowest BCUT2D eigenvalue weighted by atomic mass is 9.89.